The lowest BCUT2D eigenvalue weighted by Crippen LogP contribution is -2.07. The third kappa shape index (κ3) is 2.97. The van der Waals surface area contributed by atoms with Gasteiger partial charge in [0.25, 0.3) is 0 Å². The molecule has 0 aliphatic heterocycles. The molecule has 0 bridgehead atoms. The van der Waals surface area contributed by atoms with Crippen molar-refractivity contribution in [2.75, 3.05) is 0 Å². The van der Waals surface area contributed by atoms with Crippen LogP contribution < -0.4 is 0 Å². The van der Waals surface area contributed by atoms with Crippen LogP contribution in [-0.2, 0) is 18.8 Å². The second-order valence-corrected chi connectivity index (χ2v) is 3.75. The van der Waals surface area contributed by atoms with Crippen LogP contribution in [0.15, 0.2) is 18.2 Å². The highest BCUT2D eigenvalue weighted by Crippen LogP contribution is 2.09. The molecule has 0 fully saturated rings. The van der Waals surface area contributed by atoms with E-state index in [0.29, 0.717) is 24.4 Å². The van der Waals surface area contributed by atoms with Crippen LogP contribution >= 0.6 is 11.6 Å². The average molecular weight is 259 g/mol. The Balaban J connectivity index is 2.07. The largest absolute Gasteiger partial charge is 0.228 e. The fraction of sp³-hybridized carbons (Fsp3) is 0.300. The first-order valence-corrected chi connectivity index (χ1v) is 5.48. The van der Waals surface area contributed by atoms with Gasteiger partial charge in [-0.05, 0) is 34.5 Å². The first-order valence-electron chi connectivity index (χ1n) is 4.95. The van der Waals surface area contributed by atoms with Gasteiger partial charge in [-0.15, -0.1) is 16.7 Å². The molecule has 0 amide bonds. The van der Waals surface area contributed by atoms with E-state index < -0.39 is 11.6 Å². The van der Waals surface area contributed by atoms with Gasteiger partial charge < -0.3 is 0 Å². The minimum Gasteiger partial charge on any atom is -0.228 e. The lowest BCUT2D eigenvalue weighted by molar-refractivity contribution is 0.557. The maximum Gasteiger partial charge on any atom is 0.166 e. The maximum atomic E-state index is 12.9. The van der Waals surface area contributed by atoms with E-state index in [2.05, 4.69) is 15.5 Å². The lowest BCUT2D eigenvalue weighted by atomic mass is 10.1. The van der Waals surface area contributed by atoms with Crippen molar-refractivity contribution < 1.29 is 8.78 Å². The first kappa shape index (κ1) is 11.9. The Morgan fingerprint density at radius 1 is 1.18 bits per heavy atom. The molecule has 0 radical (unpaired) electrons. The van der Waals surface area contributed by atoms with Crippen molar-refractivity contribution in [1.29, 1.82) is 0 Å². The standard InChI is InChI=1S/C10H9ClF2N4/c11-6-10-14-15-16-17(10)2-1-7-3-8(12)5-9(13)4-7/h3-5H,1-2,6H2. The molecule has 0 unspecified atom stereocenters. The Hall–Kier alpha value is -1.56. The van der Waals surface area contributed by atoms with Crippen LogP contribution in [-0.4, -0.2) is 20.2 Å². The molecule has 1 aromatic carbocycles. The molecular formula is C10H9ClF2N4. The fourth-order valence-electron chi connectivity index (χ4n) is 1.48. The van der Waals surface area contributed by atoms with E-state index in [0.717, 1.165) is 6.07 Å². The van der Waals surface area contributed by atoms with Crippen molar-refractivity contribution >= 4 is 11.6 Å². The maximum absolute atomic E-state index is 12.9. The van der Waals surface area contributed by atoms with Crippen molar-refractivity contribution in [2.45, 2.75) is 18.8 Å². The quantitative estimate of drug-likeness (QED) is 0.787. The number of hydrogen-bond donors (Lipinski definition) is 0. The molecule has 2 aromatic rings. The van der Waals surface area contributed by atoms with Gasteiger partial charge in [-0.1, -0.05) is 0 Å². The Labute approximate surface area is 101 Å². The molecule has 0 N–H and O–H groups in total. The highest BCUT2D eigenvalue weighted by Gasteiger charge is 2.06. The summed E-state index contributed by atoms with van der Waals surface area (Å²) in [7, 11) is 0. The number of nitrogens with zero attached hydrogens (tertiary/aromatic N) is 4. The highest BCUT2D eigenvalue weighted by molar-refractivity contribution is 6.16. The van der Waals surface area contributed by atoms with Crippen LogP contribution in [0.2, 0.25) is 0 Å². The van der Waals surface area contributed by atoms with Crippen LogP contribution in [0.25, 0.3) is 0 Å². The number of benzene rings is 1. The van der Waals surface area contributed by atoms with Crippen molar-refractivity contribution in [3.63, 3.8) is 0 Å². The van der Waals surface area contributed by atoms with Crippen LogP contribution in [0.3, 0.4) is 0 Å². The summed E-state index contributed by atoms with van der Waals surface area (Å²) in [5, 5.41) is 10.9. The van der Waals surface area contributed by atoms with Gasteiger partial charge in [0.1, 0.15) is 11.6 Å². The number of alkyl halides is 1. The molecule has 1 heterocycles. The third-order valence-corrected chi connectivity index (χ3v) is 2.50. The molecule has 4 nitrogen and oxygen atoms in total. The summed E-state index contributed by atoms with van der Waals surface area (Å²) >= 11 is 5.62. The van der Waals surface area contributed by atoms with Gasteiger partial charge >= 0.3 is 0 Å². The fourth-order valence-corrected chi connectivity index (χ4v) is 1.67. The van der Waals surface area contributed by atoms with Crippen molar-refractivity contribution in [3.8, 4) is 0 Å². The number of tetrazole rings is 1. The number of aryl methyl sites for hydroxylation is 2. The molecule has 0 atom stereocenters. The summed E-state index contributed by atoms with van der Waals surface area (Å²) in [5.74, 6) is -0.447. The smallest absolute Gasteiger partial charge is 0.166 e. The minimum absolute atomic E-state index is 0.199. The zero-order chi connectivity index (χ0) is 12.3. The minimum atomic E-state index is -0.589. The van der Waals surface area contributed by atoms with E-state index in [1.807, 2.05) is 0 Å². The van der Waals surface area contributed by atoms with E-state index in [4.69, 9.17) is 11.6 Å². The second-order valence-electron chi connectivity index (χ2n) is 3.48. The SMILES string of the molecule is Fc1cc(F)cc(CCn2nnnc2CCl)c1. The molecule has 17 heavy (non-hydrogen) atoms. The zero-order valence-electron chi connectivity index (χ0n) is 8.78. The summed E-state index contributed by atoms with van der Waals surface area (Å²) in [6.07, 6.45) is 0.434. The molecule has 0 aliphatic carbocycles. The van der Waals surface area contributed by atoms with E-state index >= 15 is 0 Å². The highest BCUT2D eigenvalue weighted by atomic mass is 35.5. The predicted molar refractivity (Wildman–Crippen MR) is 57.4 cm³/mol. The number of halogens is 3. The normalized spacial score (nSPS) is 10.8. The first-order chi connectivity index (χ1) is 8.19. The zero-order valence-corrected chi connectivity index (χ0v) is 9.53. The Morgan fingerprint density at radius 2 is 1.88 bits per heavy atom. The van der Waals surface area contributed by atoms with Gasteiger partial charge in [-0.2, -0.15) is 0 Å². The predicted octanol–water partition coefficient (Wildman–Crippen LogP) is 1.93. The van der Waals surface area contributed by atoms with E-state index in [1.165, 1.54) is 16.8 Å². The van der Waals surface area contributed by atoms with Gasteiger partial charge in [0.2, 0.25) is 0 Å². The lowest BCUT2D eigenvalue weighted by Gasteiger charge is -2.03. The second kappa shape index (κ2) is 5.18. The summed E-state index contributed by atoms with van der Waals surface area (Å²) in [6, 6.07) is 3.41. The molecule has 0 saturated heterocycles. The molecule has 1 aromatic heterocycles. The van der Waals surface area contributed by atoms with Crippen molar-refractivity contribution in [2.24, 2.45) is 0 Å². The van der Waals surface area contributed by atoms with E-state index in [1.54, 1.807) is 0 Å². The van der Waals surface area contributed by atoms with E-state index in [9.17, 15) is 8.78 Å². The van der Waals surface area contributed by atoms with Crippen LogP contribution in [0.5, 0.6) is 0 Å². The summed E-state index contributed by atoms with van der Waals surface area (Å²) < 4.78 is 27.4. The number of rotatable bonds is 4. The topological polar surface area (TPSA) is 43.6 Å². The van der Waals surface area contributed by atoms with Crippen LogP contribution in [0.4, 0.5) is 8.78 Å². The van der Waals surface area contributed by atoms with Crippen molar-refractivity contribution in [3.05, 3.63) is 41.2 Å². The molecule has 7 heteroatoms. The third-order valence-electron chi connectivity index (χ3n) is 2.26. The monoisotopic (exact) mass is 258 g/mol. The summed E-state index contributed by atoms with van der Waals surface area (Å²) in [5.41, 5.74) is 0.554. The molecular weight excluding hydrogens is 250 g/mol. The average Bonchev–Trinajstić information content (AvgIpc) is 2.72. The van der Waals surface area contributed by atoms with Gasteiger partial charge in [-0.25, -0.2) is 13.5 Å². The van der Waals surface area contributed by atoms with E-state index in [-0.39, 0.29) is 5.88 Å². The van der Waals surface area contributed by atoms with Gasteiger partial charge in [-0.3, -0.25) is 0 Å². The Bertz CT molecular complexity index is 495. The van der Waals surface area contributed by atoms with Crippen molar-refractivity contribution in [1.82, 2.24) is 20.2 Å². The molecule has 2 rings (SSSR count). The molecule has 0 spiro atoms. The van der Waals surface area contributed by atoms with Gasteiger partial charge in [0.05, 0.1) is 5.88 Å². The molecule has 0 saturated carbocycles. The van der Waals surface area contributed by atoms with Crippen LogP contribution in [0.1, 0.15) is 11.4 Å². The molecule has 90 valence electrons. The Morgan fingerprint density at radius 3 is 2.53 bits per heavy atom. The number of hydrogen-bond acceptors (Lipinski definition) is 3. The number of aromatic nitrogens is 4. The van der Waals surface area contributed by atoms with Gasteiger partial charge in [0, 0.05) is 12.6 Å². The summed E-state index contributed by atoms with van der Waals surface area (Å²) in [4.78, 5) is 0. The summed E-state index contributed by atoms with van der Waals surface area (Å²) in [6.45, 7) is 0.429. The molecule has 0 aliphatic rings. The van der Waals surface area contributed by atoms with Gasteiger partial charge in [0.15, 0.2) is 5.82 Å². The van der Waals surface area contributed by atoms with Crippen LogP contribution in [0, 0.1) is 11.6 Å². The Kier molecular flexibility index (Phi) is 3.63.